The van der Waals surface area contributed by atoms with Gasteiger partial charge in [-0.05, 0) is 42.7 Å². The Morgan fingerprint density at radius 2 is 1.65 bits per heavy atom. The standard InChI is InChI=1S/C28H32N2O4/c1-21-18-26(19-28(32)29(21)2)34-25-14-16-30(17-15-25)27(31)13-10-22-8-11-24(12-9-22)33-20-23-6-4-3-5-7-23/h3-9,11-12,18-19,25H,10,13-17,20H2,1-2H3. The van der Waals surface area contributed by atoms with Crippen molar-refractivity contribution in [3.63, 3.8) is 0 Å². The lowest BCUT2D eigenvalue weighted by molar-refractivity contribution is -0.132. The number of aryl methyl sites for hydroxylation is 2. The van der Waals surface area contributed by atoms with Crippen molar-refractivity contribution in [2.75, 3.05) is 13.1 Å². The minimum absolute atomic E-state index is 0.0268. The molecule has 1 fully saturated rings. The van der Waals surface area contributed by atoms with Crippen molar-refractivity contribution in [1.29, 1.82) is 0 Å². The maximum atomic E-state index is 12.7. The first kappa shape index (κ1) is 23.6. The second kappa shape index (κ2) is 11.1. The number of amides is 1. The maximum absolute atomic E-state index is 12.7. The highest BCUT2D eigenvalue weighted by Crippen LogP contribution is 2.20. The summed E-state index contributed by atoms with van der Waals surface area (Å²) in [6, 6.07) is 21.5. The number of hydrogen-bond acceptors (Lipinski definition) is 4. The number of nitrogens with zero attached hydrogens (tertiary/aromatic N) is 2. The van der Waals surface area contributed by atoms with Crippen LogP contribution in [0.5, 0.6) is 11.5 Å². The first-order valence-corrected chi connectivity index (χ1v) is 11.9. The Hall–Kier alpha value is -3.54. The van der Waals surface area contributed by atoms with E-state index in [4.69, 9.17) is 9.47 Å². The summed E-state index contributed by atoms with van der Waals surface area (Å²) in [5.41, 5.74) is 3.05. The Morgan fingerprint density at radius 1 is 0.941 bits per heavy atom. The van der Waals surface area contributed by atoms with E-state index in [1.54, 1.807) is 11.6 Å². The first-order valence-electron chi connectivity index (χ1n) is 11.9. The van der Waals surface area contributed by atoms with Crippen LogP contribution in [0.15, 0.2) is 71.5 Å². The van der Waals surface area contributed by atoms with Gasteiger partial charge < -0.3 is 18.9 Å². The second-order valence-corrected chi connectivity index (χ2v) is 8.85. The average molecular weight is 461 g/mol. The molecule has 0 spiro atoms. The van der Waals surface area contributed by atoms with Crippen molar-refractivity contribution in [3.05, 3.63) is 93.9 Å². The normalized spacial score (nSPS) is 14.1. The number of hydrogen-bond donors (Lipinski definition) is 0. The van der Waals surface area contributed by atoms with Gasteiger partial charge in [0.05, 0.1) is 0 Å². The summed E-state index contributed by atoms with van der Waals surface area (Å²) >= 11 is 0. The number of rotatable bonds is 8. The van der Waals surface area contributed by atoms with E-state index in [-0.39, 0.29) is 17.6 Å². The summed E-state index contributed by atoms with van der Waals surface area (Å²) in [5.74, 6) is 1.61. The zero-order valence-electron chi connectivity index (χ0n) is 19.9. The molecule has 0 N–H and O–H groups in total. The molecular formula is C28H32N2O4. The summed E-state index contributed by atoms with van der Waals surface area (Å²) < 4.78 is 13.5. The molecule has 0 atom stereocenters. The smallest absolute Gasteiger partial charge is 0.254 e. The molecule has 1 aliphatic rings. The number of carbonyl (C=O) groups excluding carboxylic acids is 1. The van der Waals surface area contributed by atoms with Gasteiger partial charge in [0.2, 0.25) is 5.91 Å². The number of ether oxygens (including phenoxy) is 2. The molecule has 2 aromatic carbocycles. The van der Waals surface area contributed by atoms with Gasteiger partial charge in [0.15, 0.2) is 0 Å². The van der Waals surface area contributed by atoms with Gasteiger partial charge in [0, 0.05) is 51.2 Å². The van der Waals surface area contributed by atoms with Crippen molar-refractivity contribution >= 4 is 5.91 Å². The molecule has 0 radical (unpaired) electrons. The van der Waals surface area contributed by atoms with Crippen molar-refractivity contribution in [2.45, 2.75) is 45.3 Å². The first-order chi connectivity index (χ1) is 16.5. The minimum Gasteiger partial charge on any atom is -0.490 e. The van der Waals surface area contributed by atoms with Gasteiger partial charge in [-0.2, -0.15) is 0 Å². The fraction of sp³-hybridized carbons (Fsp3) is 0.357. The van der Waals surface area contributed by atoms with Gasteiger partial charge in [0.1, 0.15) is 24.2 Å². The maximum Gasteiger partial charge on any atom is 0.254 e. The average Bonchev–Trinajstić information content (AvgIpc) is 2.86. The van der Waals surface area contributed by atoms with Crippen molar-refractivity contribution in [3.8, 4) is 11.5 Å². The Morgan fingerprint density at radius 3 is 2.32 bits per heavy atom. The molecule has 6 nitrogen and oxygen atoms in total. The van der Waals surface area contributed by atoms with E-state index in [0.717, 1.165) is 35.4 Å². The van der Waals surface area contributed by atoms with E-state index in [0.29, 0.717) is 38.3 Å². The number of aromatic nitrogens is 1. The van der Waals surface area contributed by atoms with E-state index < -0.39 is 0 Å². The predicted molar refractivity (Wildman–Crippen MR) is 132 cm³/mol. The van der Waals surface area contributed by atoms with Gasteiger partial charge in [-0.25, -0.2) is 0 Å². The summed E-state index contributed by atoms with van der Waals surface area (Å²) in [5, 5.41) is 0. The van der Waals surface area contributed by atoms with E-state index in [1.165, 1.54) is 6.07 Å². The molecule has 6 heteroatoms. The predicted octanol–water partition coefficient (Wildman–Crippen LogP) is 4.28. The molecule has 1 saturated heterocycles. The molecule has 178 valence electrons. The number of pyridine rings is 1. The van der Waals surface area contributed by atoms with Gasteiger partial charge >= 0.3 is 0 Å². The summed E-state index contributed by atoms with van der Waals surface area (Å²) in [6.45, 7) is 3.79. The fourth-order valence-electron chi connectivity index (χ4n) is 4.12. The summed E-state index contributed by atoms with van der Waals surface area (Å²) in [4.78, 5) is 26.6. The Kier molecular flexibility index (Phi) is 7.68. The van der Waals surface area contributed by atoms with Crippen LogP contribution in [-0.4, -0.2) is 34.6 Å². The van der Waals surface area contributed by atoms with Crippen molar-refractivity contribution in [2.24, 2.45) is 7.05 Å². The zero-order chi connectivity index (χ0) is 23.9. The fourth-order valence-corrected chi connectivity index (χ4v) is 4.12. The molecule has 4 rings (SSSR count). The molecule has 1 aromatic heterocycles. The molecule has 0 saturated carbocycles. The molecule has 2 heterocycles. The topological polar surface area (TPSA) is 60.8 Å². The lowest BCUT2D eigenvalue weighted by Gasteiger charge is -2.32. The van der Waals surface area contributed by atoms with Crippen molar-refractivity contribution < 1.29 is 14.3 Å². The van der Waals surface area contributed by atoms with Gasteiger partial charge in [-0.15, -0.1) is 0 Å². The van der Waals surface area contributed by atoms with Gasteiger partial charge in [0.25, 0.3) is 5.56 Å². The third kappa shape index (κ3) is 6.28. The summed E-state index contributed by atoms with van der Waals surface area (Å²) in [6.07, 6.45) is 2.77. The van der Waals surface area contributed by atoms with Crippen LogP contribution in [0.2, 0.25) is 0 Å². The van der Waals surface area contributed by atoms with Gasteiger partial charge in [-0.1, -0.05) is 42.5 Å². The van der Waals surface area contributed by atoms with Crippen LogP contribution in [0.1, 0.15) is 36.1 Å². The highest BCUT2D eigenvalue weighted by Gasteiger charge is 2.24. The quantitative estimate of drug-likeness (QED) is 0.504. The van der Waals surface area contributed by atoms with Crippen LogP contribution in [0, 0.1) is 6.92 Å². The van der Waals surface area contributed by atoms with E-state index in [1.807, 2.05) is 72.5 Å². The Bertz CT molecular complexity index is 1150. The second-order valence-electron chi connectivity index (χ2n) is 8.85. The third-order valence-corrected chi connectivity index (χ3v) is 6.37. The number of carbonyl (C=O) groups is 1. The molecular weight excluding hydrogens is 428 g/mol. The summed E-state index contributed by atoms with van der Waals surface area (Å²) in [7, 11) is 1.75. The molecule has 0 bridgehead atoms. The van der Waals surface area contributed by atoms with E-state index in [9.17, 15) is 9.59 Å². The molecule has 34 heavy (non-hydrogen) atoms. The SMILES string of the molecule is Cc1cc(OC2CCN(C(=O)CCc3ccc(OCc4ccccc4)cc3)CC2)cc(=O)n1C. The Balaban J connectivity index is 1.19. The molecule has 0 unspecified atom stereocenters. The van der Waals surface area contributed by atoms with E-state index in [2.05, 4.69) is 0 Å². The van der Waals surface area contributed by atoms with Gasteiger partial charge in [-0.3, -0.25) is 9.59 Å². The third-order valence-electron chi connectivity index (χ3n) is 6.37. The van der Waals surface area contributed by atoms with Crippen LogP contribution in [-0.2, 0) is 24.9 Å². The molecule has 1 aliphatic heterocycles. The largest absolute Gasteiger partial charge is 0.490 e. The number of likely N-dealkylation sites (tertiary alicyclic amines) is 1. The van der Waals surface area contributed by atoms with Crippen LogP contribution in [0.25, 0.3) is 0 Å². The van der Waals surface area contributed by atoms with Crippen LogP contribution < -0.4 is 15.0 Å². The van der Waals surface area contributed by atoms with Crippen molar-refractivity contribution in [1.82, 2.24) is 9.47 Å². The lowest BCUT2D eigenvalue weighted by atomic mass is 10.1. The van der Waals surface area contributed by atoms with Crippen LogP contribution in [0.3, 0.4) is 0 Å². The lowest BCUT2D eigenvalue weighted by Crippen LogP contribution is -2.42. The molecule has 1 amide bonds. The monoisotopic (exact) mass is 460 g/mol. The highest BCUT2D eigenvalue weighted by atomic mass is 16.5. The minimum atomic E-state index is -0.0709. The number of benzene rings is 2. The van der Waals surface area contributed by atoms with Crippen LogP contribution in [0.4, 0.5) is 0 Å². The zero-order valence-corrected chi connectivity index (χ0v) is 19.9. The Labute approximate surface area is 200 Å². The van der Waals surface area contributed by atoms with Crippen LogP contribution >= 0.6 is 0 Å². The number of piperidine rings is 1. The highest BCUT2D eigenvalue weighted by molar-refractivity contribution is 5.76. The molecule has 3 aromatic rings. The van der Waals surface area contributed by atoms with E-state index >= 15 is 0 Å². The molecule has 0 aliphatic carbocycles.